The molecule has 1 aromatic rings. The lowest BCUT2D eigenvalue weighted by Gasteiger charge is -2.29. The molecular formula is C14H21N3O3. The molecule has 1 amide bonds. The predicted molar refractivity (Wildman–Crippen MR) is 78.5 cm³/mol. The first-order valence-corrected chi connectivity index (χ1v) is 6.47. The third kappa shape index (κ3) is 3.69. The quantitative estimate of drug-likeness (QED) is 0.491. The van der Waals surface area contributed by atoms with E-state index in [0.717, 1.165) is 0 Å². The van der Waals surface area contributed by atoms with E-state index in [-0.39, 0.29) is 16.7 Å². The maximum Gasteiger partial charge on any atom is 0.282 e. The summed E-state index contributed by atoms with van der Waals surface area (Å²) < 4.78 is 0. The second-order valence-corrected chi connectivity index (χ2v) is 5.86. The van der Waals surface area contributed by atoms with Crippen molar-refractivity contribution < 1.29 is 9.72 Å². The highest BCUT2D eigenvalue weighted by Gasteiger charge is 2.25. The number of nitrogens with zero attached hydrogens (tertiary/aromatic N) is 1. The van der Waals surface area contributed by atoms with Crippen LogP contribution < -0.4 is 11.1 Å². The second kappa shape index (κ2) is 5.90. The highest BCUT2D eigenvalue weighted by atomic mass is 16.6. The zero-order valence-electron chi connectivity index (χ0n) is 12.3. The van der Waals surface area contributed by atoms with Gasteiger partial charge < -0.3 is 11.1 Å². The summed E-state index contributed by atoms with van der Waals surface area (Å²) in [6, 6.07) is 3.99. The van der Waals surface area contributed by atoms with Crippen LogP contribution in [0.1, 0.15) is 38.1 Å². The van der Waals surface area contributed by atoms with Gasteiger partial charge in [-0.2, -0.15) is 0 Å². The minimum Gasteiger partial charge on any atom is -0.399 e. The number of nitro groups is 1. The molecule has 0 aliphatic heterocycles. The Morgan fingerprint density at radius 2 is 2.05 bits per heavy atom. The molecule has 0 unspecified atom stereocenters. The summed E-state index contributed by atoms with van der Waals surface area (Å²) in [5.74, 6) is -0.101. The largest absolute Gasteiger partial charge is 0.399 e. The van der Waals surface area contributed by atoms with Crippen molar-refractivity contribution in [1.29, 1.82) is 0 Å². The van der Waals surface area contributed by atoms with Gasteiger partial charge in [0, 0.05) is 18.3 Å². The lowest BCUT2D eigenvalue weighted by molar-refractivity contribution is -0.385. The van der Waals surface area contributed by atoms with Gasteiger partial charge in [0.1, 0.15) is 5.56 Å². The van der Waals surface area contributed by atoms with Crippen LogP contribution in [0.15, 0.2) is 18.2 Å². The molecule has 0 aliphatic rings. The monoisotopic (exact) mass is 279 g/mol. The Balaban J connectivity index is 2.93. The van der Waals surface area contributed by atoms with Crippen molar-refractivity contribution in [2.75, 3.05) is 12.3 Å². The molecule has 1 rings (SSSR count). The summed E-state index contributed by atoms with van der Waals surface area (Å²) in [6.07, 6.45) is 0. The van der Waals surface area contributed by atoms with Crippen LogP contribution in [0.2, 0.25) is 0 Å². The number of nitrogens with one attached hydrogen (secondary N) is 1. The van der Waals surface area contributed by atoms with Crippen molar-refractivity contribution in [1.82, 2.24) is 5.32 Å². The first kappa shape index (κ1) is 15.9. The number of hydrogen-bond acceptors (Lipinski definition) is 4. The molecular weight excluding hydrogens is 258 g/mol. The molecule has 20 heavy (non-hydrogen) atoms. The van der Waals surface area contributed by atoms with Crippen molar-refractivity contribution in [3.63, 3.8) is 0 Å². The molecule has 0 heterocycles. The van der Waals surface area contributed by atoms with Crippen LogP contribution in [0.5, 0.6) is 0 Å². The molecule has 1 aromatic carbocycles. The van der Waals surface area contributed by atoms with Gasteiger partial charge in [0.25, 0.3) is 11.6 Å². The van der Waals surface area contributed by atoms with Crippen LogP contribution in [0.25, 0.3) is 0 Å². The molecule has 0 spiro atoms. The highest BCUT2D eigenvalue weighted by Crippen LogP contribution is 2.26. The van der Waals surface area contributed by atoms with Gasteiger partial charge in [-0.3, -0.25) is 14.9 Å². The van der Waals surface area contributed by atoms with E-state index in [2.05, 4.69) is 19.2 Å². The smallest absolute Gasteiger partial charge is 0.282 e. The number of nitrogens with two attached hydrogens (primary N) is 1. The van der Waals surface area contributed by atoms with Crippen LogP contribution in [-0.4, -0.2) is 17.4 Å². The number of anilines is 1. The van der Waals surface area contributed by atoms with E-state index >= 15 is 0 Å². The first-order chi connectivity index (χ1) is 9.15. The number of carbonyl (C=O) groups excluding carboxylic acids is 1. The molecule has 6 heteroatoms. The van der Waals surface area contributed by atoms with Crippen molar-refractivity contribution in [3.8, 4) is 0 Å². The van der Waals surface area contributed by atoms with Gasteiger partial charge in [-0.05, 0) is 23.5 Å². The number of hydrogen-bond donors (Lipinski definition) is 2. The van der Waals surface area contributed by atoms with Crippen molar-refractivity contribution in [2.24, 2.45) is 11.3 Å². The predicted octanol–water partition coefficient (Wildman–Crippen LogP) is 2.59. The summed E-state index contributed by atoms with van der Waals surface area (Å²) in [7, 11) is 0. The third-order valence-electron chi connectivity index (χ3n) is 3.73. The molecule has 0 aliphatic carbocycles. The van der Waals surface area contributed by atoms with Crippen LogP contribution in [-0.2, 0) is 0 Å². The fourth-order valence-corrected chi connectivity index (χ4v) is 1.50. The van der Waals surface area contributed by atoms with E-state index in [0.29, 0.717) is 18.2 Å². The first-order valence-electron chi connectivity index (χ1n) is 6.47. The maximum atomic E-state index is 12.1. The van der Waals surface area contributed by atoms with Gasteiger partial charge in [0.2, 0.25) is 0 Å². The SMILES string of the molecule is CC(C)C(C)(C)CNC(=O)c1cc(N)ccc1[N+](=O)[O-]. The third-order valence-corrected chi connectivity index (χ3v) is 3.73. The van der Waals surface area contributed by atoms with E-state index in [1.807, 2.05) is 13.8 Å². The van der Waals surface area contributed by atoms with Crippen LogP contribution in [0, 0.1) is 21.4 Å². The van der Waals surface area contributed by atoms with E-state index < -0.39 is 10.8 Å². The van der Waals surface area contributed by atoms with E-state index in [4.69, 9.17) is 5.73 Å². The summed E-state index contributed by atoms with van der Waals surface area (Å²) in [4.78, 5) is 22.5. The fraction of sp³-hybridized carbons (Fsp3) is 0.500. The van der Waals surface area contributed by atoms with Gasteiger partial charge in [-0.15, -0.1) is 0 Å². The van der Waals surface area contributed by atoms with Gasteiger partial charge in [-0.1, -0.05) is 27.7 Å². The molecule has 0 radical (unpaired) electrons. The lowest BCUT2D eigenvalue weighted by atomic mass is 9.81. The Hall–Kier alpha value is -2.11. The van der Waals surface area contributed by atoms with Crippen molar-refractivity contribution in [2.45, 2.75) is 27.7 Å². The van der Waals surface area contributed by atoms with Crippen LogP contribution in [0.4, 0.5) is 11.4 Å². The minimum absolute atomic E-state index is 0.00504. The number of rotatable bonds is 5. The van der Waals surface area contributed by atoms with Gasteiger partial charge in [0.15, 0.2) is 0 Å². The Labute approximate surface area is 118 Å². The van der Waals surface area contributed by atoms with Crippen LogP contribution in [0.3, 0.4) is 0 Å². The van der Waals surface area contributed by atoms with E-state index in [9.17, 15) is 14.9 Å². The lowest BCUT2D eigenvalue weighted by Crippen LogP contribution is -2.37. The standard InChI is InChI=1S/C14H21N3O3/c1-9(2)14(3,4)8-16-13(18)11-7-10(15)5-6-12(11)17(19)20/h5-7,9H,8,15H2,1-4H3,(H,16,18). The Bertz CT molecular complexity index is 524. The summed E-state index contributed by atoms with van der Waals surface area (Å²) in [6.45, 7) is 8.64. The second-order valence-electron chi connectivity index (χ2n) is 5.86. The molecule has 3 N–H and O–H groups in total. The van der Waals surface area contributed by atoms with E-state index in [1.54, 1.807) is 0 Å². The fourth-order valence-electron chi connectivity index (χ4n) is 1.50. The highest BCUT2D eigenvalue weighted by molar-refractivity contribution is 5.99. The van der Waals surface area contributed by atoms with Crippen molar-refractivity contribution in [3.05, 3.63) is 33.9 Å². The average Bonchev–Trinajstić information content (AvgIpc) is 2.35. The molecule has 0 saturated carbocycles. The number of benzene rings is 1. The minimum atomic E-state index is -0.581. The average molecular weight is 279 g/mol. The molecule has 0 bridgehead atoms. The number of amides is 1. The number of nitro benzene ring substituents is 1. The van der Waals surface area contributed by atoms with Crippen molar-refractivity contribution >= 4 is 17.3 Å². The molecule has 110 valence electrons. The van der Waals surface area contributed by atoms with E-state index in [1.165, 1.54) is 18.2 Å². The maximum absolute atomic E-state index is 12.1. The topological polar surface area (TPSA) is 98.3 Å². The normalized spacial score (nSPS) is 11.4. The number of nitrogen functional groups attached to an aromatic ring is 1. The zero-order chi connectivity index (χ0) is 15.5. The van der Waals surface area contributed by atoms with Gasteiger partial charge in [0.05, 0.1) is 4.92 Å². The molecule has 0 atom stereocenters. The molecule has 0 saturated heterocycles. The summed E-state index contributed by atoms with van der Waals surface area (Å²) in [5, 5.41) is 13.7. The molecule has 0 fully saturated rings. The zero-order valence-corrected chi connectivity index (χ0v) is 12.3. The number of carbonyl (C=O) groups is 1. The summed E-state index contributed by atoms with van der Waals surface area (Å²) in [5.41, 5.74) is 5.58. The van der Waals surface area contributed by atoms with Crippen LogP contribution >= 0.6 is 0 Å². The molecule has 0 aromatic heterocycles. The molecule has 6 nitrogen and oxygen atoms in total. The van der Waals surface area contributed by atoms with Gasteiger partial charge in [-0.25, -0.2) is 0 Å². The van der Waals surface area contributed by atoms with Gasteiger partial charge >= 0.3 is 0 Å². The Morgan fingerprint density at radius 1 is 1.45 bits per heavy atom. The summed E-state index contributed by atoms with van der Waals surface area (Å²) >= 11 is 0. The Kier molecular flexibility index (Phi) is 4.70. The Morgan fingerprint density at radius 3 is 2.55 bits per heavy atom.